The summed E-state index contributed by atoms with van der Waals surface area (Å²) in [4.78, 5) is 27.8. The van der Waals surface area contributed by atoms with Crippen LogP contribution in [0, 0.1) is 35.0 Å². The summed E-state index contributed by atoms with van der Waals surface area (Å²) in [6, 6.07) is 0. The lowest BCUT2D eigenvalue weighted by Gasteiger charge is -2.45. The van der Waals surface area contributed by atoms with E-state index < -0.39 is 25.4 Å². The van der Waals surface area contributed by atoms with E-state index in [-0.39, 0.29) is 23.7 Å². The van der Waals surface area contributed by atoms with Gasteiger partial charge in [0.05, 0.1) is 22.3 Å². The third-order valence-corrected chi connectivity index (χ3v) is 15.6. The summed E-state index contributed by atoms with van der Waals surface area (Å²) in [5.74, 6) is 1.69. The molecule has 0 fully saturated rings. The van der Waals surface area contributed by atoms with E-state index in [1.165, 1.54) is 19.8 Å². The first-order chi connectivity index (χ1) is 14.9. The van der Waals surface area contributed by atoms with Gasteiger partial charge in [-0.25, -0.2) is 0 Å². The number of methoxy groups -OCH3 is 2. The Kier molecular flexibility index (Phi) is 8.67. The first-order valence-corrected chi connectivity index (χ1v) is 15.9. The zero-order valence-electron chi connectivity index (χ0n) is 20.7. The molecule has 4 nitrogen and oxygen atoms in total. The van der Waals surface area contributed by atoms with Crippen molar-refractivity contribution in [1.82, 2.24) is 0 Å². The molecule has 0 spiro atoms. The smallest absolute Gasteiger partial charge is 0.324 e. The number of esters is 2. The highest BCUT2D eigenvalue weighted by molar-refractivity contribution is 9.09. The summed E-state index contributed by atoms with van der Waals surface area (Å²) in [5.41, 5.74) is 1.09. The van der Waals surface area contributed by atoms with Crippen LogP contribution in [0.2, 0.25) is 18.6 Å². The van der Waals surface area contributed by atoms with E-state index in [0.717, 1.165) is 36.2 Å². The minimum Gasteiger partial charge on any atom is -0.468 e. The number of carbonyl (C=O) groups excluding carboxylic acids is 2. The summed E-state index contributed by atoms with van der Waals surface area (Å²) in [5, 5.41) is 0. The van der Waals surface area contributed by atoms with Crippen molar-refractivity contribution < 1.29 is 19.1 Å². The maximum atomic E-state index is 13.4. The first kappa shape index (κ1) is 26.9. The monoisotopic (exact) mass is 522 g/mol. The molecule has 3 atom stereocenters. The van der Waals surface area contributed by atoms with E-state index in [1.54, 1.807) is 0 Å². The maximum Gasteiger partial charge on any atom is 0.324 e. The van der Waals surface area contributed by atoms with E-state index >= 15 is 0 Å². The van der Waals surface area contributed by atoms with Crippen LogP contribution in [0.4, 0.5) is 0 Å². The Morgan fingerprint density at radius 1 is 1.19 bits per heavy atom. The molecule has 0 heterocycles. The normalized spacial score (nSPS) is 25.8. The van der Waals surface area contributed by atoms with Gasteiger partial charge in [0.15, 0.2) is 5.41 Å². The third kappa shape index (κ3) is 4.80. The zero-order valence-corrected chi connectivity index (χ0v) is 23.3. The van der Waals surface area contributed by atoms with E-state index in [1.807, 2.05) is 0 Å². The lowest BCUT2D eigenvalue weighted by atomic mass is 9.59. The molecule has 32 heavy (non-hydrogen) atoms. The summed E-state index contributed by atoms with van der Waals surface area (Å²) < 4.78 is 10.5. The molecule has 0 saturated carbocycles. The molecule has 2 rings (SSSR count). The second-order valence-corrected chi connectivity index (χ2v) is 17.3. The standard InChI is InChI=1S/C26H39BrO4Si/c1-9-19-11-10-18(2)22(25(19,3)4)16-26(23(28)30-5,24(29)31-6)20-12-14-21(15-13-20)32(7,8)17-27/h1,12,14,19-21H,10-11,13,15-17H2,2-8H3/t19-,20-,21+/m1/s1. The molecule has 0 saturated heterocycles. The zero-order chi connectivity index (χ0) is 24.3. The summed E-state index contributed by atoms with van der Waals surface area (Å²) >= 11 is 3.68. The van der Waals surface area contributed by atoms with Crippen LogP contribution in [-0.2, 0) is 19.1 Å². The third-order valence-electron chi connectivity index (χ3n) is 8.07. The fourth-order valence-corrected chi connectivity index (χ4v) is 8.61. The average Bonchev–Trinajstić information content (AvgIpc) is 2.78. The highest BCUT2D eigenvalue weighted by Crippen LogP contribution is 2.53. The van der Waals surface area contributed by atoms with E-state index in [4.69, 9.17) is 15.9 Å². The fraction of sp³-hybridized carbons (Fsp3) is 0.692. The molecular weight excluding hydrogens is 484 g/mol. The molecule has 6 heteroatoms. The highest BCUT2D eigenvalue weighted by Gasteiger charge is 2.56. The van der Waals surface area contributed by atoms with Gasteiger partial charge in [-0.15, -0.1) is 12.3 Å². The van der Waals surface area contributed by atoms with E-state index in [2.05, 4.69) is 67.9 Å². The van der Waals surface area contributed by atoms with Crippen molar-refractivity contribution in [2.24, 2.45) is 22.7 Å². The van der Waals surface area contributed by atoms with Gasteiger partial charge in [-0.1, -0.05) is 66.2 Å². The van der Waals surface area contributed by atoms with Crippen LogP contribution in [0.1, 0.15) is 52.9 Å². The molecule has 0 radical (unpaired) electrons. The number of ether oxygens (including phenoxy) is 2. The van der Waals surface area contributed by atoms with Gasteiger partial charge in [0, 0.05) is 11.8 Å². The molecule has 0 unspecified atom stereocenters. The maximum absolute atomic E-state index is 13.4. The molecule has 2 aliphatic carbocycles. The van der Waals surface area contributed by atoms with Crippen LogP contribution < -0.4 is 0 Å². The molecule has 178 valence electrons. The fourth-order valence-electron chi connectivity index (χ4n) is 5.59. The Hall–Kier alpha value is -1.32. The number of allylic oxidation sites excluding steroid dienone is 4. The summed E-state index contributed by atoms with van der Waals surface area (Å²) in [6.07, 6.45) is 14.0. The number of carbonyl (C=O) groups is 2. The number of halogens is 1. The number of hydrogen-bond donors (Lipinski definition) is 0. The summed E-state index contributed by atoms with van der Waals surface area (Å²) in [7, 11) is 1.25. The van der Waals surface area contributed by atoms with Crippen molar-refractivity contribution in [3.8, 4) is 12.3 Å². The van der Waals surface area contributed by atoms with Crippen LogP contribution in [0.3, 0.4) is 0 Å². The Morgan fingerprint density at radius 3 is 2.22 bits per heavy atom. The first-order valence-electron chi connectivity index (χ1n) is 11.5. The summed E-state index contributed by atoms with van der Waals surface area (Å²) in [6.45, 7) is 11.1. The van der Waals surface area contributed by atoms with Crippen LogP contribution in [0.15, 0.2) is 23.3 Å². The minimum absolute atomic E-state index is 0.0613. The number of alkyl halides is 1. The highest BCUT2D eigenvalue weighted by atomic mass is 79.9. The lowest BCUT2D eigenvalue weighted by molar-refractivity contribution is -0.173. The van der Waals surface area contributed by atoms with Gasteiger partial charge in [0.25, 0.3) is 0 Å². The van der Waals surface area contributed by atoms with Crippen molar-refractivity contribution in [2.45, 2.75) is 71.5 Å². The van der Waals surface area contributed by atoms with Crippen molar-refractivity contribution in [2.75, 3.05) is 19.2 Å². The second-order valence-electron chi connectivity index (χ2n) is 10.7. The molecule has 0 aromatic carbocycles. The van der Waals surface area contributed by atoms with Gasteiger partial charge < -0.3 is 9.47 Å². The molecule has 2 aliphatic rings. The van der Waals surface area contributed by atoms with Crippen LogP contribution in [0.5, 0.6) is 0 Å². The number of terminal acetylenes is 1. The lowest BCUT2D eigenvalue weighted by Crippen LogP contribution is -2.49. The average molecular weight is 524 g/mol. The van der Waals surface area contributed by atoms with Crippen molar-refractivity contribution in [1.29, 1.82) is 0 Å². The molecule has 0 aliphatic heterocycles. The Labute approximate surface area is 203 Å². The van der Waals surface area contributed by atoms with Gasteiger partial charge >= 0.3 is 11.9 Å². The van der Waals surface area contributed by atoms with Gasteiger partial charge in [-0.2, -0.15) is 0 Å². The largest absolute Gasteiger partial charge is 0.468 e. The minimum atomic E-state index is -1.46. The molecule has 0 N–H and O–H groups in total. The molecule has 0 amide bonds. The molecule has 0 aromatic heterocycles. The van der Waals surface area contributed by atoms with Crippen molar-refractivity contribution in [3.05, 3.63) is 23.3 Å². The second kappa shape index (κ2) is 10.3. The quantitative estimate of drug-likeness (QED) is 0.101. The van der Waals surface area contributed by atoms with Gasteiger partial charge in [-0.3, -0.25) is 9.59 Å². The van der Waals surface area contributed by atoms with Gasteiger partial charge in [0.1, 0.15) is 0 Å². The topological polar surface area (TPSA) is 52.6 Å². The number of rotatable bonds is 7. The van der Waals surface area contributed by atoms with Crippen LogP contribution in [-0.4, -0.2) is 39.2 Å². The SMILES string of the molecule is C#C[C@@H]1CCC(C)=C(CC(C(=O)OC)(C(=O)OC)[C@@H]2C=C[C@H]([Si](C)(C)CBr)CC2)C1(C)C. The predicted molar refractivity (Wildman–Crippen MR) is 136 cm³/mol. The predicted octanol–water partition coefficient (Wildman–Crippen LogP) is 6.07. The Balaban J connectivity index is 2.59. The van der Waals surface area contributed by atoms with Gasteiger partial charge in [0.2, 0.25) is 0 Å². The van der Waals surface area contributed by atoms with Gasteiger partial charge in [-0.05, 0) is 54.9 Å². The van der Waals surface area contributed by atoms with Crippen LogP contribution in [0.25, 0.3) is 0 Å². The Morgan fingerprint density at radius 2 is 1.78 bits per heavy atom. The van der Waals surface area contributed by atoms with Crippen molar-refractivity contribution in [3.63, 3.8) is 0 Å². The Bertz CT molecular complexity index is 817. The number of hydrogen-bond acceptors (Lipinski definition) is 4. The molecule has 0 bridgehead atoms. The van der Waals surface area contributed by atoms with Crippen LogP contribution >= 0.6 is 15.9 Å². The van der Waals surface area contributed by atoms with E-state index in [9.17, 15) is 9.59 Å². The molecular formula is C26H39BrO4Si. The molecule has 0 aromatic rings. The van der Waals surface area contributed by atoms with Crippen molar-refractivity contribution >= 4 is 35.9 Å². The van der Waals surface area contributed by atoms with E-state index in [0.29, 0.717) is 5.54 Å².